The standard InChI is InChI=1S/C26H31N7O/c1-32-18-23(17-30-32)33-11-10-25(34)24(31-33)13-19-6-5-7-21(12-19)26-28-15-20(16-29-26)14-27-22-8-3-2-4-9-22/h5-7,10-11,15-18,21-22,27H,2-4,8-9,12-14H2,1H3. The van der Waals surface area contributed by atoms with E-state index in [1.165, 1.54) is 32.1 Å². The number of allylic oxidation sites excluding steroid dienone is 4. The first kappa shape index (κ1) is 22.4. The van der Waals surface area contributed by atoms with Crippen molar-refractivity contribution in [3.8, 4) is 5.69 Å². The fraction of sp³-hybridized carbons (Fsp3) is 0.423. The van der Waals surface area contributed by atoms with Gasteiger partial charge in [-0.25, -0.2) is 14.6 Å². The second-order valence-corrected chi connectivity index (χ2v) is 9.31. The summed E-state index contributed by atoms with van der Waals surface area (Å²) in [5.74, 6) is 0.918. The average Bonchev–Trinajstić information content (AvgIpc) is 3.31. The van der Waals surface area contributed by atoms with E-state index >= 15 is 0 Å². The molecule has 3 aromatic heterocycles. The third-order valence-electron chi connectivity index (χ3n) is 6.64. The van der Waals surface area contributed by atoms with Gasteiger partial charge in [-0.2, -0.15) is 10.2 Å². The number of hydrogen-bond acceptors (Lipinski definition) is 6. The number of aryl methyl sites for hydroxylation is 1. The van der Waals surface area contributed by atoms with Gasteiger partial charge in [0.25, 0.3) is 0 Å². The third-order valence-corrected chi connectivity index (χ3v) is 6.64. The van der Waals surface area contributed by atoms with Crippen LogP contribution in [-0.2, 0) is 20.0 Å². The summed E-state index contributed by atoms with van der Waals surface area (Å²) in [6, 6.07) is 2.19. The van der Waals surface area contributed by atoms with Gasteiger partial charge >= 0.3 is 0 Å². The van der Waals surface area contributed by atoms with Gasteiger partial charge in [0.15, 0.2) is 0 Å². The number of aromatic nitrogens is 6. The van der Waals surface area contributed by atoms with E-state index in [0.29, 0.717) is 18.2 Å². The second kappa shape index (κ2) is 10.3. The molecule has 2 aliphatic carbocycles. The highest BCUT2D eigenvalue weighted by molar-refractivity contribution is 5.30. The van der Waals surface area contributed by atoms with Crippen LogP contribution in [0.15, 0.2) is 65.6 Å². The van der Waals surface area contributed by atoms with Crippen LogP contribution in [0.25, 0.3) is 5.69 Å². The van der Waals surface area contributed by atoms with Gasteiger partial charge in [-0.05, 0) is 19.3 Å². The molecule has 5 rings (SSSR count). The molecule has 1 unspecified atom stereocenters. The van der Waals surface area contributed by atoms with Gasteiger partial charge in [0.1, 0.15) is 17.2 Å². The zero-order valence-corrected chi connectivity index (χ0v) is 19.6. The molecule has 0 amide bonds. The Morgan fingerprint density at radius 2 is 1.94 bits per heavy atom. The summed E-state index contributed by atoms with van der Waals surface area (Å²) in [7, 11) is 1.86. The largest absolute Gasteiger partial charge is 0.310 e. The highest BCUT2D eigenvalue weighted by Gasteiger charge is 2.18. The smallest absolute Gasteiger partial charge is 0.203 e. The van der Waals surface area contributed by atoms with Crippen LogP contribution in [0.5, 0.6) is 0 Å². The molecule has 8 heteroatoms. The van der Waals surface area contributed by atoms with E-state index in [1.807, 2.05) is 31.7 Å². The zero-order valence-electron chi connectivity index (χ0n) is 19.6. The second-order valence-electron chi connectivity index (χ2n) is 9.31. The summed E-state index contributed by atoms with van der Waals surface area (Å²) < 4.78 is 3.41. The number of nitrogens with one attached hydrogen (secondary N) is 1. The van der Waals surface area contributed by atoms with Crippen LogP contribution in [0, 0.1) is 0 Å². The predicted octanol–water partition coefficient (Wildman–Crippen LogP) is 3.39. The van der Waals surface area contributed by atoms with Crippen LogP contribution in [0.3, 0.4) is 0 Å². The minimum absolute atomic E-state index is 0.0572. The maximum Gasteiger partial charge on any atom is 0.203 e. The molecule has 1 atom stereocenters. The molecule has 1 saturated carbocycles. The molecule has 0 aromatic carbocycles. The molecular weight excluding hydrogens is 426 g/mol. The van der Waals surface area contributed by atoms with Crippen molar-refractivity contribution >= 4 is 0 Å². The van der Waals surface area contributed by atoms with E-state index in [9.17, 15) is 4.79 Å². The Morgan fingerprint density at radius 3 is 2.71 bits per heavy atom. The minimum atomic E-state index is -0.0572. The molecule has 3 aromatic rings. The molecule has 0 spiro atoms. The van der Waals surface area contributed by atoms with E-state index in [0.717, 1.165) is 35.6 Å². The lowest BCUT2D eigenvalue weighted by Crippen LogP contribution is -2.30. The van der Waals surface area contributed by atoms with Gasteiger partial charge in [0, 0.05) is 62.2 Å². The lowest BCUT2D eigenvalue weighted by Gasteiger charge is -2.22. The Kier molecular flexibility index (Phi) is 6.76. The number of hydrogen-bond donors (Lipinski definition) is 1. The van der Waals surface area contributed by atoms with Gasteiger partial charge in [-0.1, -0.05) is 43.1 Å². The number of nitrogens with zero attached hydrogens (tertiary/aromatic N) is 6. The average molecular weight is 458 g/mol. The van der Waals surface area contributed by atoms with Gasteiger partial charge in [0.2, 0.25) is 5.43 Å². The minimum Gasteiger partial charge on any atom is -0.310 e. The third kappa shape index (κ3) is 5.39. The molecule has 0 radical (unpaired) electrons. The fourth-order valence-electron chi connectivity index (χ4n) is 4.72. The molecular formula is C26H31N7O. The van der Waals surface area contributed by atoms with Gasteiger partial charge in [0.05, 0.1) is 12.4 Å². The Labute approximate surface area is 199 Å². The molecule has 3 heterocycles. The van der Waals surface area contributed by atoms with Crippen molar-refractivity contribution in [2.45, 2.75) is 63.5 Å². The topological polar surface area (TPSA) is 90.5 Å². The van der Waals surface area contributed by atoms with E-state index in [-0.39, 0.29) is 11.3 Å². The molecule has 0 bridgehead atoms. The van der Waals surface area contributed by atoms with E-state index in [2.05, 4.69) is 37.6 Å². The lowest BCUT2D eigenvalue weighted by atomic mass is 9.91. The van der Waals surface area contributed by atoms with Crippen LogP contribution in [0.2, 0.25) is 0 Å². The van der Waals surface area contributed by atoms with Crippen molar-refractivity contribution < 1.29 is 0 Å². The molecule has 0 aliphatic heterocycles. The first-order chi connectivity index (χ1) is 16.6. The van der Waals surface area contributed by atoms with Crippen LogP contribution < -0.4 is 10.7 Å². The predicted molar refractivity (Wildman–Crippen MR) is 131 cm³/mol. The van der Waals surface area contributed by atoms with Crippen molar-refractivity contribution in [3.05, 3.63) is 88.2 Å². The van der Waals surface area contributed by atoms with E-state index < -0.39 is 0 Å². The first-order valence-electron chi connectivity index (χ1n) is 12.1. The molecule has 8 nitrogen and oxygen atoms in total. The van der Waals surface area contributed by atoms with Gasteiger partial charge in [-0.3, -0.25) is 9.48 Å². The fourth-order valence-corrected chi connectivity index (χ4v) is 4.72. The summed E-state index contributed by atoms with van der Waals surface area (Å²) >= 11 is 0. The summed E-state index contributed by atoms with van der Waals surface area (Å²) in [5.41, 5.74) is 3.56. The Morgan fingerprint density at radius 1 is 1.12 bits per heavy atom. The maximum atomic E-state index is 12.5. The highest BCUT2D eigenvalue weighted by atomic mass is 16.1. The van der Waals surface area contributed by atoms with Crippen LogP contribution >= 0.6 is 0 Å². The quantitative estimate of drug-likeness (QED) is 0.585. The van der Waals surface area contributed by atoms with Crippen LogP contribution in [0.1, 0.15) is 61.5 Å². The van der Waals surface area contributed by atoms with Crippen molar-refractivity contribution in [2.24, 2.45) is 7.05 Å². The van der Waals surface area contributed by atoms with Crippen molar-refractivity contribution in [1.29, 1.82) is 0 Å². The Bertz CT molecular complexity index is 1230. The molecule has 34 heavy (non-hydrogen) atoms. The van der Waals surface area contributed by atoms with Crippen LogP contribution in [-0.4, -0.2) is 35.6 Å². The van der Waals surface area contributed by atoms with Crippen molar-refractivity contribution in [2.75, 3.05) is 0 Å². The number of rotatable bonds is 7. The Hall–Kier alpha value is -3.39. The van der Waals surface area contributed by atoms with Crippen molar-refractivity contribution in [3.63, 3.8) is 0 Å². The molecule has 1 N–H and O–H groups in total. The molecule has 0 saturated heterocycles. The first-order valence-corrected chi connectivity index (χ1v) is 12.1. The van der Waals surface area contributed by atoms with Gasteiger partial charge in [-0.15, -0.1) is 0 Å². The maximum absolute atomic E-state index is 12.5. The summed E-state index contributed by atoms with van der Waals surface area (Å²) in [6.07, 6.45) is 23.2. The molecule has 176 valence electrons. The molecule has 2 aliphatic rings. The molecule has 1 fully saturated rings. The van der Waals surface area contributed by atoms with Crippen molar-refractivity contribution in [1.82, 2.24) is 34.8 Å². The van der Waals surface area contributed by atoms with Crippen LogP contribution in [0.4, 0.5) is 0 Å². The summed E-state index contributed by atoms with van der Waals surface area (Å²) in [6.45, 7) is 0.819. The summed E-state index contributed by atoms with van der Waals surface area (Å²) in [4.78, 5) is 21.8. The highest BCUT2D eigenvalue weighted by Crippen LogP contribution is 2.27. The van der Waals surface area contributed by atoms with E-state index in [4.69, 9.17) is 0 Å². The summed E-state index contributed by atoms with van der Waals surface area (Å²) in [5, 5.41) is 12.4. The Balaban J connectivity index is 1.22. The SMILES string of the molecule is Cn1cc(-n2ccc(=O)c(CC3=CC=CC(c4ncc(CNC5CCCCC5)cn4)C3)n2)cn1. The monoisotopic (exact) mass is 457 g/mol. The van der Waals surface area contributed by atoms with Gasteiger partial charge < -0.3 is 5.32 Å². The lowest BCUT2D eigenvalue weighted by molar-refractivity contribution is 0.372. The van der Waals surface area contributed by atoms with E-state index in [1.54, 1.807) is 27.8 Å². The normalized spacial score (nSPS) is 18.7. The zero-order chi connectivity index (χ0) is 23.3.